The topological polar surface area (TPSA) is 156 Å². The van der Waals surface area contributed by atoms with Crippen LogP contribution in [0.5, 0.6) is 0 Å². The van der Waals surface area contributed by atoms with Gasteiger partial charge in [-0.15, -0.1) is 5.10 Å². The lowest BCUT2D eigenvalue weighted by molar-refractivity contribution is -0.912. The number of hydrogen-bond donors (Lipinski definition) is 4. The summed E-state index contributed by atoms with van der Waals surface area (Å²) in [4.78, 5) is 11.7. The molecule has 35 heavy (non-hydrogen) atoms. The summed E-state index contributed by atoms with van der Waals surface area (Å²) in [6.45, 7) is 0. The number of pyridine rings is 2. The summed E-state index contributed by atoms with van der Waals surface area (Å²) in [5.41, 5.74) is 8.87. The van der Waals surface area contributed by atoms with Gasteiger partial charge in [0.25, 0.3) is 5.69 Å². The summed E-state index contributed by atoms with van der Waals surface area (Å²) in [5, 5.41) is 34.6. The van der Waals surface area contributed by atoms with E-state index in [0.717, 1.165) is 21.4 Å². The fourth-order valence-corrected chi connectivity index (χ4v) is 4.72. The zero-order chi connectivity index (χ0) is 24.2. The van der Waals surface area contributed by atoms with E-state index in [1.807, 2.05) is 12.1 Å². The average molecular weight is 489 g/mol. The first-order valence-electron chi connectivity index (χ1n) is 10.7. The lowest BCUT2D eigenvalue weighted by atomic mass is 9.98. The van der Waals surface area contributed by atoms with Gasteiger partial charge in [0, 0.05) is 32.6 Å². The summed E-state index contributed by atoms with van der Waals surface area (Å²) >= 11 is 6.28. The van der Waals surface area contributed by atoms with Crippen molar-refractivity contribution in [2.45, 2.75) is 18.4 Å². The first-order chi connectivity index (χ1) is 16.9. The summed E-state index contributed by atoms with van der Waals surface area (Å²) in [5.74, 6) is 0.743. The number of hydrogen-bond acceptors (Lipinski definition) is 8. The van der Waals surface area contributed by atoms with Gasteiger partial charge in [-0.05, 0) is 59.7 Å². The third-order valence-corrected chi connectivity index (χ3v) is 6.44. The van der Waals surface area contributed by atoms with Crippen molar-refractivity contribution >= 4 is 17.4 Å². The number of benzene rings is 1. The van der Waals surface area contributed by atoms with Crippen molar-refractivity contribution in [1.29, 1.82) is 0 Å². The third-order valence-electron chi connectivity index (χ3n) is 6.20. The monoisotopic (exact) mass is 488 g/mol. The number of halogens is 1. The zero-order valence-electron chi connectivity index (χ0n) is 18.2. The molecule has 5 N–H and O–H groups in total. The number of nitrogens with zero attached hydrogens (tertiary/aromatic N) is 7. The molecule has 1 atom stereocenters. The van der Waals surface area contributed by atoms with Gasteiger partial charge >= 0.3 is 0 Å². The SMILES string of the molecule is Nc1ccc(-c2cnc(C3(O)CCc4cc(-c5cc(Cl)ccc5-n5cnnn5)c[n+](O)c43)[nH]2)cn1. The van der Waals surface area contributed by atoms with Crippen LogP contribution in [-0.2, 0) is 12.0 Å². The summed E-state index contributed by atoms with van der Waals surface area (Å²) < 4.78 is 2.47. The molecule has 0 radical (unpaired) electrons. The van der Waals surface area contributed by atoms with E-state index in [1.54, 1.807) is 36.7 Å². The fourth-order valence-electron chi connectivity index (χ4n) is 4.55. The molecular weight excluding hydrogens is 470 g/mol. The third kappa shape index (κ3) is 3.49. The minimum atomic E-state index is -1.50. The van der Waals surface area contributed by atoms with Crippen LogP contribution >= 0.6 is 11.6 Å². The Kier molecular flexibility index (Phi) is 4.76. The molecule has 174 valence electrons. The number of fused-ring (bicyclic) bond motifs is 1. The Morgan fingerprint density at radius 3 is 2.77 bits per heavy atom. The van der Waals surface area contributed by atoms with E-state index in [9.17, 15) is 10.3 Å². The molecule has 0 spiro atoms. The van der Waals surface area contributed by atoms with Crippen molar-refractivity contribution in [3.8, 4) is 28.1 Å². The van der Waals surface area contributed by atoms with Gasteiger partial charge in [-0.1, -0.05) is 11.6 Å². The molecule has 0 amide bonds. The Morgan fingerprint density at radius 2 is 2.00 bits per heavy atom. The molecule has 12 heteroatoms. The van der Waals surface area contributed by atoms with E-state index in [4.69, 9.17) is 17.3 Å². The maximum atomic E-state index is 11.6. The Labute approximate surface area is 203 Å². The number of anilines is 1. The highest BCUT2D eigenvalue weighted by Gasteiger charge is 2.50. The Balaban J connectivity index is 1.42. The lowest BCUT2D eigenvalue weighted by Gasteiger charge is -2.17. The van der Waals surface area contributed by atoms with E-state index in [-0.39, 0.29) is 0 Å². The number of aryl methyl sites for hydroxylation is 1. The summed E-state index contributed by atoms with van der Waals surface area (Å²) in [6.07, 6.45) is 7.14. The number of aliphatic hydroxyl groups is 1. The standard InChI is InChI=1S/C23H19ClN9O2/c24-16-2-3-19(32-12-28-30-31-32)17(8-16)15-7-13-5-6-23(34,21(13)33(35)11-15)22-27-10-18(29-22)14-1-4-20(25)26-9-14/h1-4,7-12,34-35H,5-6H2,(H2,25,26)(H,27,29)/q+1. The first-order valence-corrected chi connectivity index (χ1v) is 11.1. The van der Waals surface area contributed by atoms with E-state index in [1.165, 1.54) is 17.2 Å². The molecule has 5 aromatic rings. The van der Waals surface area contributed by atoms with E-state index in [0.29, 0.717) is 52.1 Å². The second kappa shape index (κ2) is 7.86. The van der Waals surface area contributed by atoms with Crippen LogP contribution in [0.1, 0.15) is 23.5 Å². The Morgan fingerprint density at radius 1 is 1.11 bits per heavy atom. The van der Waals surface area contributed by atoms with Crippen LogP contribution in [0.4, 0.5) is 5.82 Å². The second-order valence-electron chi connectivity index (χ2n) is 8.34. The van der Waals surface area contributed by atoms with Crippen molar-refractivity contribution in [2.24, 2.45) is 0 Å². The van der Waals surface area contributed by atoms with Gasteiger partial charge in [0.2, 0.25) is 11.8 Å². The molecule has 0 bridgehead atoms. The number of aromatic nitrogens is 8. The number of tetrazole rings is 1. The number of rotatable bonds is 4. The number of nitrogen functional groups attached to an aromatic ring is 1. The molecule has 1 unspecified atom stereocenters. The van der Waals surface area contributed by atoms with E-state index in [2.05, 4.69) is 30.5 Å². The molecule has 4 aromatic heterocycles. The molecule has 0 aliphatic heterocycles. The number of imidazole rings is 1. The minimum Gasteiger partial charge on any atom is -0.384 e. The highest BCUT2D eigenvalue weighted by molar-refractivity contribution is 6.31. The first kappa shape index (κ1) is 21.2. The van der Waals surface area contributed by atoms with Gasteiger partial charge in [0.1, 0.15) is 18.0 Å². The molecular formula is C23H19ClN9O2+. The van der Waals surface area contributed by atoms with E-state index < -0.39 is 5.60 Å². The number of nitrogens with two attached hydrogens (primary N) is 1. The van der Waals surface area contributed by atoms with Crippen LogP contribution in [0.3, 0.4) is 0 Å². The van der Waals surface area contributed by atoms with Crippen LogP contribution in [0.15, 0.2) is 61.3 Å². The van der Waals surface area contributed by atoms with Gasteiger partial charge in [-0.3, -0.25) is 5.21 Å². The smallest absolute Gasteiger partial charge is 0.276 e. The van der Waals surface area contributed by atoms with Crippen LogP contribution < -0.4 is 10.5 Å². The molecule has 6 rings (SSSR count). The van der Waals surface area contributed by atoms with Crippen molar-refractivity contribution in [3.05, 3.63) is 83.4 Å². The maximum absolute atomic E-state index is 11.6. The average Bonchev–Trinajstić information content (AvgIpc) is 3.61. The van der Waals surface area contributed by atoms with Crippen molar-refractivity contribution < 1.29 is 15.0 Å². The summed E-state index contributed by atoms with van der Waals surface area (Å²) in [7, 11) is 0. The predicted molar refractivity (Wildman–Crippen MR) is 125 cm³/mol. The number of nitrogens with one attached hydrogen (secondary N) is 1. The highest BCUT2D eigenvalue weighted by Crippen LogP contribution is 2.41. The maximum Gasteiger partial charge on any atom is 0.276 e. The molecule has 0 saturated carbocycles. The van der Waals surface area contributed by atoms with Crippen molar-refractivity contribution in [2.75, 3.05) is 5.73 Å². The second-order valence-corrected chi connectivity index (χ2v) is 8.78. The summed E-state index contributed by atoms with van der Waals surface area (Å²) in [6, 6.07) is 10.8. The van der Waals surface area contributed by atoms with Gasteiger partial charge in [0.15, 0.2) is 0 Å². The lowest BCUT2D eigenvalue weighted by Crippen LogP contribution is -2.44. The number of H-pyrrole nitrogens is 1. The molecule has 0 saturated heterocycles. The molecule has 0 fully saturated rings. The van der Waals surface area contributed by atoms with Crippen molar-refractivity contribution in [1.82, 2.24) is 35.2 Å². The van der Waals surface area contributed by atoms with Crippen molar-refractivity contribution in [3.63, 3.8) is 0 Å². The molecule has 1 aromatic carbocycles. The van der Waals surface area contributed by atoms with Crippen LogP contribution in [-0.4, -0.2) is 45.5 Å². The predicted octanol–water partition coefficient (Wildman–Crippen LogP) is 2.06. The molecule has 1 aliphatic carbocycles. The van der Waals surface area contributed by atoms with E-state index >= 15 is 0 Å². The Bertz CT molecular complexity index is 1550. The zero-order valence-corrected chi connectivity index (χ0v) is 18.9. The van der Waals surface area contributed by atoms with Gasteiger partial charge < -0.3 is 15.8 Å². The molecule has 4 heterocycles. The van der Waals surface area contributed by atoms with Crippen LogP contribution in [0.25, 0.3) is 28.1 Å². The van der Waals surface area contributed by atoms with Gasteiger partial charge in [-0.2, -0.15) is 4.68 Å². The highest BCUT2D eigenvalue weighted by atomic mass is 35.5. The number of aromatic amines is 1. The van der Waals surface area contributed by atoms with Crippen LogP contribution in [0, 0.1) is 0 Å². The minimum absolute atomic E-state index is 0.329. The van der Waals surface area contributed by atoms with Gasteiger partial charge in [0.05, 0.1) is 23.1 Å². The normalized spacial score (nSPS) is 17.0. The molecule has 11 nitrogen and oxygen atoms in total. The largest absolute Gasteiger partial charge is 0.384 e. The van der Waals surface area contributed by atoms with Crippen LogP contribution in [0.2, 0.25) is 5.02 Å². The fraction of sp³-hybridized carbons (Fsp3) is 0.130. The molecule has 1 aliphatic rings. The van der Waals surface area contributed by atoms with Gasteiger partial charge in [-0.25, -0.2) is 9.97 Å². The quantitative estimate of drug-likeness (QED) is 0.221. The Hall–Kier alpha value is -4.35.